The van der Waals surface area contributed by atoms with Crippen molar-refractivity contribution >= 4 is 14.8 Å². The normalized spacial score (nSPS) is 13.0. The first-order chi connectivity index (χ1) is 11.1. The lowest BCUT2D eigenvalue weighted by Gasteiger charge is -2.35. The Morgan fingerprint density at radius 1 is 0.913 bits per heavy atom. The zero-order chi connectivity index (χ0) is 17.6. The van der Waals surface area contributed by atoms with Crippen molar-refractivity contribution in [3.8, 4) is 0 Å². The van der Waals surface area contributed by atoms with Gasteiger partial charge < -0.3 is 24.3 Å². The number of amides is 2. The lowest BCUT2D eigenvalue weighted by atomic mass is 10.4. The van der Waals surface area contributed by atoms with E-state index in [1.54, 1.807) is 0 Å². The molecule has 0 radical (unpaired) electrons. The van der Waals surface area contributed by atoms with E-state index in [2.05, 4.69) is 26.1 Å². The molecule has 1 atom stereocenters. The minimum atomic E-state index is -3.01. The molecule has 0 aromatic rings. The van der Waals surface area contributed by atoms with Crippen LogP contribution >= 0.6 is 0 Å². The average Bonchev–Trinajstić information content (AvgIpc) is 2.52. The Morgan fingerprint density at radius 3 is 1.57 bits per heavy atom. The van der Waals surface area contributed by atoms with Gasteiger partial charge in [-0.2, -0.15) is 0 Å². The molecule has 0 fully saturated rings. The molecule has 0 aromatic carbocycles. The quantitative estimate of drug-likeness (QED) is 0.351. The largest absolute Gasteiger partial charge is 0.524 e. The molecule has 138 valence electrons. The highest BCUT2D eigenvalue weighted by molar-refractivity contribution is 6.62. The molecule has 0 spiro atoms. The van der Waals surface area contributed by atoms with Gasteiger partial charge >= 0.3 is 14.8 Å². The molecule has 0 aliphatic heterocycles. The fourth-order valence-corrected chi connectivity index (χ4v) is 5.07. The maximum Gasteiger partial charge on any atom is 0.524 e. The van der Waals surface area contributed by atoms with Gasteiger partial charge in [0.1, 0.15) is 5.67 Å². The Morgan fingerprint density at radius 2 is 1.30 bits per heavy atom. The highest BCUT2D eigenvalue weighted by atomic mass is 28.4. The van der Waals surface area contributed by atoms with E-state index in [9.17, 15) is 4.79 Å². The van der Waals surface area contributed by atoms with Gasteiger partial charge in [-0.05, 0) is 25.7 Å². The third kappa shape index (κ3) is 9.29. The second kappa shape index (κ2) is 13.8. The minimum absolute atomic E-state index is 0.300. The molecule has 2 amide bonds. The number of primary amides is 1. The molecule has 0 saturated carbocycles. The summed E-state index contributed by atoms with van der Waals surface area (Å²) in [5.41, 5.74) is 5.04. The number of hydrogen-bond acceptors (Lipinski definition) is 4. The van der Waals surface area contributed by atoms with Gasteiger partial charge in [-0.3, -0.25) is 0 Å². The van der Waals surface area contributed by atoms with Crippen molar-refractivity contribution in [2.45, 2.75) is 78.3 Å². The summed E-state index contributed by atoms with van der Waals surface area (Å²) in [6.07, 6.45) is 6.60. The van der Waals surface area contributed by atoms with Crippen LogP contribution in [0.1, 0.15) is 72.6 Å². The van der Waals surface area contributed by atoms with Gasteiger partial charge in [-0.15, -0.1) is 0 Å². The van der Waals surface area contributed by atoms with E-state index in [4.69, 9.17) is 19.0 Å². The molecule has 3 N–H and O–H groups in total. The highest BCUT2D eigenvalue weighted by Crippen LogP contribution is 2.20. The number of carbonyl (C=O) groups excluding carboxylic acids is 1. The summed E-state index contributed by atoms with van der Waals surface area (Å²) in [7, 11) is -3.01. The van der Waals surface area contributed by atoms with Crippen LogP contribution in [0.25, 0.3) is 0 Å². The van der Waals surface area contributed by atoms with Gasteiger partial charge in [0.25, 0.3) is 0 Å². The summed E-state index contributed by atoms with van der Waals surface area (Å²) in [5, 5.41) is 2.78. The molecule has 0 aromatic heterocycles. The van der Waals surface area contributed by atoms with Gasteiger partial charge in [-0.25, -0.2) is 4.79 Å². The van der Waals surface area contributed by atoms with E-state index in [1.165, 1.54) is 0 Å². The van der Waals surface area contributed by atoms with Gasteiger partial charge in [0.2, 0.25) is 0 Å². The molecule has 0 heterocycles. The van der Waals surface area contributed by atoms with Crippen LogP contribution in [0.15, 0.2) is 0 Å². The van der Waals surface area contributed by atoms with Crippen LogP contribution in [0.4, 0.5) is 4.79 Å². The summed E-state index contributed by atoms with van der Waals surface area (Å²) in [6.45, 7) is 10.1. The zero-order valence-electron chi connectivity index (χ0n) is 15.4. The van der Waals surface area contributed by atoms with Crippen LogP contribution in [-0.4, -0.2) is 40.3 Å². The molecule has 0 saturated heterocycles. The fraction of sp³-hybridized carbons (Fsp3) is 0.938. The fourth-order valence-electron chi connectivity index (χ4n) is 2.12. The molecule has 0 bridgehead atoms. The lowest BCUT2D eigenvalue weighted by molar-refractivity contribution is 0.0445. The summed E-state index contributed by atoms with van der Waals surface area (Å²) in [6, 6.07) is -0.564. The molecule has 7 heteroatoms. The smallest absolute Gasteiger partial charge is 0.372 e. The topological polar surface area (TPSA) is 82.8 Å². The van der Waals surface area contributed by atoms with Crippen LogP contribution in [0, 0.1) is 0 Å². The average molecular weight is 349 g/mol. The van der Waals surface area contributed by atoms with Crippen LogP contribution < -0.4 is 11.1 Å². The number of nitrogens with two attached hydrogens (primary N) is 1. The van der Waals surface area contributed by atoms with Gasteiger partial charge in [0, 0.05) is 19.8 Å². The predicted octanol–water partition coefficient (Wildman–Crippen LogP) is 3.36. The first kappa shape index (κ1) is 22.4. The lowest BCUT2D eigenvalue weighted by Crippen LogP contribution is -2.63. The Hall–Kier alpha value is -0.633. The summed E-state index contributed by atoms with van der Waals surface area (Å²) < 4.78 is 18.4. The summed E-state index contributed by atoms with van der Waals surface area (Å²) in [5.74, 6) is 0. The van der Waals surface area contributed by atoms with Crippen molar-refractivity contribution in [1.82, 2.24) is 5.32 Å². The maximum absolute atomic E-state index is 11.4. The Labute approximate surface area is 142 Å². The zero-order valence-corrected chi connectivity index (χ0v) is 16.4. The van der Waals surface area contributed by atoms with E-state index in [0.717, 1.165) is 38.5 Å². The third-order valence-electron chi connectivity index (χ3n) is 3.55. The number of nitrogens with one attached hydrogen (secondary N) is 1. The first-order valence-corrected chi connectivity index (χ1v) is 10.8. The van der Waals surface area contributed by atoms with Crippen LogP contribution in [0.2, 0.25) is 0 Å². The van der Waals surface area contributed by atoms with E-state index in [1.807, 2.05) is 6.92 Å². The van der Waals surface area contributed by atoms with Crippen molar-refractivity contribution in [3.63, 3.8) is 0 Å². The van der Waals surface area contributed by atoms with Crippen LogP contribution in [0.5, 0.6) is 0 Å². The van der Waals surface area contributed by atoms with E-state index >= 15 is 0 Å². The molecule has 1 unspecified atom stereocenters. The standard InChI is InChI=1S/C16H36N2O4Si/c1-5-9-12-20-23(21-13-10-6-2,22-14-11-7-3)15(8-4)18-16(17)19/h15H,5-14H2,1-4H3,(H3,17,18,19). The van der Waals surface area contributed by atoms with E-state index in [-0.39, 0.29) is 5.67 Å². The van der Waals surface area contributed by atoms with Crippen molar-refractivity contribution in [2.24, 2.45) is 5.73 Å². The van der Waals surface area contributed by atoms with E-state index in [0.29, 0.717) is 26.2 Å². The third-order valence-corrected chi connectivity index (χ3v) is 6.78. The van der Waals surface area contributed by atoms with Gasteiger partial charge in [0.15, 0.2) is 0 Å². The van der Waals surface area contributed by atoms with Crippen molar-refractivity contribution in [3.05, 3.63) is 0 Å². The Balaban J connectivity index is 5.15. The number of carbonyl (C=O) groups is 1. The minimum Gasteiger partial charge on any atom is -0.372 e. The number of urea groups is 1. The van der Waals surface area contributed by atoms with Crippen molar-refractivity contribution in [2.75, 3.05) is 19.8 Å². The maximum atomic E-state index is 11.4. The summed E-state index contributed by atoms with van der Waals surface area (Å²) >= 11 is 0. The second-order valence-corrected chi connectivity index (χ2v) is 8.45. The molecule has 0 aliphatic carbocycles. The molecule has 0 rings (SSSR count). The molecule has 23 heavy (non-hydrogen) atoms. The number of hydrogen-bond donors (Lipinski definition) is 2. The monoisotopic (exact) mass is 348 g/mol. The molecule has 6 nitrogen and oxygen atoms in total. The van der Waals surface area contributed by atoms with Crippen molar-refractivity contribution < 1.29 is 18.1 Å². The molecular weight excluding hydrogens is 312 g/mol. The predicted molar refractivity (Wildman–Crippen MR) is 95.1 cm³/mol. The number of unbranched alkanes of at least 4 members (excludes halogenated alkanes) is 3. The van der Waals surface area contributed by atoms with Crippen molar-refractivity contribution in [1.29, 1.82) is 0 Å². The van der Waals surface area contributed by atoms with Gasteiger partial charge in [-0.1, -0.05) is 47.0 Å². The molecular formula is C16H36N2O4Si. The Kier molecular flexibility index (Phi) is 13.4. The van der Waals surface area contributed by atoms with Gasteiger partial charge in [0.05, 0.1) is 0 Å². The Bertz CT molecular complexity index is 279. The van der Waals surface area contributed by atoms with E-state index < -0.39 is 14.8 Å². The molecule has 0 aliphatic rings. The highest BCUT2D eigenvalue weighted by Gasteiger charge is 2.49. The number of rotatable bonds is 15. The SMILES string of the molecule is CCCCO[Si](OCCCC)(OCCCC)C(CC)NC(N)=O. The first-order valence-electron chi connectivity index (χ1n) is 9.04. The summed E-state index contributed by atoms with van der Waals surface area (Å²) in [4.78, 5) is 11.4. The van der Waals surface area contributed by atoms with Crippen LogP contribution in [-0.2, 0) is 13.3 Å². The second-order valence-electron chi connectivity index (χ2n) is 5.68. The van der Waals surface area contributed by atoms with Crippen LogP contribution in [0.3, 0.4) is 0 Å².